The highest BCUT2D eigenvalue weighted by molar-refractivity contribution is 6.31. The number of amides is 2. The van der Waals surface area contributed by atoms with Crippen molar-refractivity contribution in [3.05, 3.63) is 125 Å². The highest BCUT2D eigenvalue weighted by atomic mass is 35.5. The Morgan fingerprint density at radius 1 is 0.929 bits per heavy atom. The van der Waals surface area contributed by atoms with Gasteiger partial charge in [-0.05, 0) is 66.6 Å². The number of carbonyl (C=O) groups is 2. The number of rotatable bonds is 7. The van der Waals surface area contributed by atoms with E-state index in [2.05, 4.69) is 0 Å². The van der Waals surface area contributed by atoms with Crippen LogP contribution in [0.4, 0.5) is 17.1 Å². The molecule has 0 spiro atoms. The molecule has 0 aliphatic carbocycles. The summed E-state index contributed by atoms with van der Waals surface area (Å²) in [6.07, 6.45) is 3.91. The highest BCUT2D eigenvalue weighted by Crippen LogP contribution is 2.47. The van der Waals surface area contributed by atoms with E-state index in [-0.39, 0.29) is 19.1 Å². The fourth-order valence-corrected chi connectivity index (χ4v) is 5.80. The summed E-state index contributed by atoms with van der Waals surface area (Å²) in [5.41, 5.74) is 1.59. The number of para-hydroxylation sites is 3. The Morgan fingerprint density at radius 3 is 2.50 bits per heavy atom. The van der Waals surface area contributed by atoms with Crippen molar-refractivity contribution in [2.24, 2.45) is 5.92 Å². The van der Waals surface area contributed by atoms with Gasteiger partial charge in [-0.2, -0.15) is 0 Å². The van der Waals surface area contributed by atoms with Gasteiger partial charge in [-0.1, -0.05) is 67.1 Å². The van der Waals surface area contributed by atoms with Crippen molar-refractivity contribution >= 4 is 40.5 Å². The van der Waals surface area contributed by atoms with Gasteiger partial charge in [0.1, 0.15) is 5.75 Å². The number of aliphatic hydroxyl groups excluding tert-OH is 1. The predicted molar refractivity (Wildman–Crippen MR) is 162 cm³/mol. The second-order valence-corrected chi connectivity index (χ2v) is 10.9. The van der Waals surface area contributed by atoms with E-state index < -0.39 is 17.4 Å². The van der Waals surface area contributed by atoms with Crippen molar-refractivity contribution in [2.75, 3.05) is 16.4 Å². The number of halogens is 1. The molecule has 0 saturated carbocycles. The van der Waals surface area contributed by atoms with Crippen LogP contribution < -0.4 is 14.5 Å². The van der Waals surface area contributed by atoms with E-state index in [1.54, 1.807) is 65.3 Å². The lowest BCUT2D eigenvalue weighted by atomic mass is 9.83. The van der Waals surface area contributed by atoms with Gasteiger partial charge in [0.25, 0.3) is 11.8 Å². The largest absolute Gasteiger partial charge is 0.454 e. The van der Waals surface area contributed by atoms with Gasteiger partial charge in [0.05, 0.1) is 23.5 Å². The van der Waals surface area contributed by atoms with Crippen molar-refractivity contribution in [3.63, 3.8) is 0 Å². The molecule has 6 rings (SSSR count). The zero-order valence-electron chi connectivity index (χ0n) is 22.9. The first-order valence-electron chi connectivity index (χ1n) is 13.7. The molecule has 2 heterocycles. The minimum atomic E-state index is -1.83. The molecule has 2 amide bonds. The van der Waals surface area contributed by atoms with E-state index in [4.69, 9.17) is 16.3 Å². The Bertz CT molecular complexity index is 1720. The fraction of sp³-hybridized carbons (Fsp3) is 0.176. The zero-order chi connectivity index (χ0) is 29.4. The minimum absolute atomic E-state index is 0.0256. The van der Waals surface area contributed by atoms with Crippen LogP contribution in [0, 0.1) is 5.92 Å². The van der Waals surface area contributed by atoms with Gasteiger partial charge in [-0.25, -0.2) is 0 Å². The Balaban J connectivity index is 1.38. The number of carbonyl (C=O) groups excluding carboxylic acids is 2. The van der Waals surface area contributed by atoms with Crippen molar-refractivity contribution in [1.82, 2.24) is 0 Å². The van der Waals surface area contributed by atoms with Crippen LogP contribution in [-0.4, -0.2) is 28.6 Å². The second kappa shape index (κ2) is 11.1. The summed E-state index contributed by atoms with van der Waals surface area (Å²) in [5, 5.41) is 21.4. The molecule has 0 bridgehead atoms. The molecule has 0 unspecified atom stereocenters. The average Bonchev–Trinajstić information content (AvgIpc) is 3.12. The molecule has 0 saturated heterocycles. The molecule has 7 nitrogen and oxygen atoms in total. The first-order valence-corrected chi connectivity index (χ1v) is 14.1. The molecule has 0 radical (unpaired) electrons. The van der Waals surface area contributed by atoms with Gasteiger partial charge in [0, 0.05) is 28.8 Å². The molecule has 42 heavy (non-hydrogen) atoms. The van der Waals surface area contributed by atoms with Crippen molar-refractivity contribution in [2.45, 2.75) is 25.5 Å². The molecule has 2 aliphatic heterocycles. The second-order valence-electron chi connectivity index (χ2n) is 10.4. The molecule has 4 aromatic carbocycles. The maximum atomic E-state index is 13.9. The average molecular weight is 581 g/mol. The molecule has 0 fully saturated rings. The molecule has 212 valence electrons. The Morgan fingerprint density at radius 2 is 1.69 bits per heavy atom. The number of hydrogen-bond donors (Lipinski definition) is 2. The molecule has 0 aromatic heterocycles. The maximum absolute atomic E-state index is 13.9. The third kappa shape index (κ3) is 4.65. The van der Waals surface area contributed by atoms with Crippen LogP contribution in [-0.2, 0) is 16.9 Å². The first kappa shape index (κ1) is 27.7. The number of fused-ring (bicyclic) bond motifs is 3. The van der Waals surface area contributed by atoms with Crippen LogP contribution in [0.1, 0.15) is 34.8 Å². The molecular weight excluding hydrogens is 552 g/mol. The predicted octanol–water partition coefficient (Wildman–Crippen LogP) is 6.73. The topological polar surface area (TPSA) is 90.3 Å². The number of nitrogens with zero attached hydrogens (tertiary/aromatic N) is 2. The van der Waals surface area contributed by atoms with Crippen molar-refractivity contribution < 1.29 is 24.5 Å². The van der Waals surface area contributed by atoms with Gasteiger partial charge in [0.2, 0.25) is 0 Å². The highest BCUT2D eigenvalue weighted by Gasteiger charge is 2.52. The summed E-state index contributed by atoms with van der Waals surface area (Å²) < 4.78 is 6.13. The lowest BCUT2D eigenvalue weighted by Gasteiger charge is -2.28. The van der Waals surface area contributed by atoms with Crippen LogP contribution >= 0.6 is 11.6 Å². The number of hydrogen-bond acceptors (Lipinski definition) is 5. The number of aliphatic hydroxyl groups is 2. The van der Waals surface area contributed by atoms with Crippen LogP contribution in [0.2, 0.25) is 5.02 Å². The summed E-state index contributed by atoms with van der Waals surface area (Å²) in [5.74, 6) is -0.243. The number of benzene rings is 4. The third-order valence-electron chi connectivity index (χ3n) is 7.77. The minimum Gasteiger partial charge on any atom is -0.454 e. The standard InChI is InChI=1S/C34H29ClN2O5/c1-22(9-6-7-18-38)34(41)27-20-24(35)16-17-28(27)36(33(34)40)21-23-10-8-11-25(19-23)37-29-13-3-5-15-31(29)42-30-14-4-2-12-26(30)32(37)39/h2-6,8-17,19-20,22,38,41H,7,18,21H2,1H3/b9-6+/t22-,34+/m0/s1. The Labute approximate surface area is 248 Å². The summed E-state index contributed by atoms with van der Waals surface area (Å²) >= 11 is 6.31. The Kier molecular flexibility index (Phi) is 7.33. The van der Waals surface area contributed by atoms with Gasteiger partial charge in [-0.3, -0.25) is 14.5 Å². The van der Waals surface area contributed by atoms with Crippen molar-refractivity contribution in [1.29, 1.82) is 0 Å². The van der Waals surface area contributed by atoms with E-state index in [1.165, 1.54) is 0 Å². The molecular formula is C34H29ClN2O5. The van der Waals surface area contributed by atoms with Crippen LogP contribution in [0.25, 0.3) is 0 Å². The lowest BCUT2D eigenvalue weighted by molar-refractivity contribution is -0.139. The first-order chi connectivity index (χ1) is 20.3. The van der Waals surface area contributed by atoms with E-state index >= 15 is 0 Å². The van der Waals surface area contributed by atoms with E-state index in [1.807, 2.05) is 54.6 Å². The summed E-state index contributed by atoms with van der Waals surface area (Å²) in [6.45, 7) is 1.90. The normalized spacial score (nSPS) is 18.4. The maximum Gasteiger partial charge on any atom is 0.266 e. The SMILES string of the molecule is C[C@@H](/C=C/CCO)[C@]1(O)C(=O)N(Cc2cccc(N3C(=O)c4ccccc4Oc4ccccc43)c2)c2ccc(Cl)cc21. The molecule has 2 aliphatic rings. The van der Waals surface area contributed by atoms with E-state index in [0.29, 0.717) is 51.1 Å². The van der Waals surface area contributed by atoms with Crippen LogP contribution in [0.15, 0.2) is 103 Å². The molecule has 4 aromatic rings. The van der Waals surface area contributed by atoms with Gasteiger partial charge >= 0.3 is 0 Å². The van der Waals surface area contributed by atoms with Crippen molar-refractivity contribution in [3.8, 4) is 11.5 Å². The third-order valence-corrected chi connectivity index (χ3v) is 8.00. The van der Waals surface area contributed by atoms with Crippen LogP contribution in [0.5, 0.6) is 11.5 Å². The fourth-order valence-electron chi connectivity index (χ4n) is 5.63. The number of ether oxygens (including phenoxy) is 1. The van der Waals surface area contributed by atoms with Gasteiger partial charge in [0.15, 0.2) is 11.4 Å². The van der Waals surface area contributed by atoms with E-state index in [9.17, 15) is 19.8 Å². The van der Waals surface area contributed by atoms with E-state index in [0.717, 1.165) is 5.56 Å². The van der Waals surface area contributed by atoms with Gasteiger partial charge in [-0.15, -0.1) is 0 Å². The lowest BCUT2D eigenvalue weighted by Crippen LogP contribution is -2.44. The molecule has 2 atom stereocenters. The molecule has 8 heteroatoms. The quantitative estimate of drug-likeness (QED) is 0.236. The molecule has 2 N–H and O–H groups in total. The monoisotopic (exact) mass is 580 g/mol. The Hall–Kier alpha value is -4.43. The summed E-state index contributed by atoms with van der Waals surface area (Å²) in [6, 6.07) is 27.0. The summed E-state index contributed by atoms with van der Waals surface area (Å²) in [4.78, 5) is 31.0. The number of anilines is 3. The summed E-state index contributed by atoms with van der Waals surface area (Å²) in [7, 11) is 0. The van der Waals surface area contributed by atoms with Crippen LogP contribution in [0.3, 0.4) is 0 Å². The smallest absolute Gasteiger partial charge is 0.266 e. The zero-order valence-corrected chi connectivity index (χ0v) is 23.7. The van der Waals surface area contributed by atoms with Gasteiger partial charge < -0.3 is 19.8 Å².